The van der Waals surface area contributed by atoms with Crippen molar-refractivity contribution in [3.8, 4) is 0 Å². The maximum atomic E-state index is 14.2. The molecule has 1 aliphatic heterocycles. The summed E-state index contributed by atoms with van der Waals surface area (Å²) in [4.78, 5) is 34.7. The molecule has 1 aliphatic rings. The van der Waals surface area contributed by atoms with Gasteiger partial charge in [0.1, 0.15) is 0 Å². The second kappa shape index (κ2) is 12.1. The number of para-hydroxylation sites is 1. The van der Waals surface area contributed by atoms with Crippen LogP contribution in [0.25, 0.3) is 17.0 Å². The van der Waals surface area contributed by atoms with Crippen LogP contribution in [0.2, 0.25) is 10.0 Å². The number of benzene rings is 3. The standard InChI is InChI=1S/C34H30Cl2N4O3S/c1-5-43-33(42)30-20(2)37-34-40(31(30)21-11-14-25(15-12-21)38(3)4)32(41)29(44-34)16-23-19-39(28-9-7-6-8-26(23)28)18-22-10-13-24(35)17-27(22)36/h6-17,19,31H,5,18H2,1-4H3/b29-16-/t31-/m0/s1. The van der Waals surface area contributed by atoms with Gasteiger partial charge in [0.05, 0.1) is 28.5 Å². The van der Waals surface area contributed by atoms with Crippen molar-refractivity contribution in [2.45, 2.75) is 26.4 Å². The Balaban J connectivity index is 1.50. The van der Waals surface area contributed by atoms with Crippen molar-refractivity contribution in [1.29, 1.82) is 0 Å². The third-order valence-corrected chi connectivity index (χ3v) is 9.27. The van der Waals surface area contributed by atoms with Crippen molar-refractivity contribution in [2.24, 2.45) is 4.99 Å². The number of allylic oxidation sites excluding steroid dienone is 1. The van der Waals surface area contributed by atoms with Gasteiger partial charge in [0.2, 0.25) is 0 Å². The predicted octanol–water partition coefficient (Wildman–Crippen LogP) is 6.17. The first-order valence-electron chi connectivity index (χ1n) is 14.1. The van der Waals surface area contributed by atoms with E-state index >= 15 is 0 Å². The maximum absolute atomic E-state index is 14.2. The summed E-state index contributed by atoms with van der Waals surface area (Å²) in [6.07, 6.45) is 3.93. The number of aromatic nitrogens is 2. The molecule has 0 radical (unpaired) electrons. The molecule has 0 spiro atoms. The average molecular weight is 646 g/mol. The van der Waals surface area contributed by atoms with Gasteiger partial charge in [-0.05, 0) is 61.4 Å². The summed E-state index contributed by atoms with van der Waals surface area (Å²) in [5, 5.41) is 2.18. The van der Waals surface area contributed by atoms with Crippen LogP contribution >= 0.6 is 34.5 Å². The van der Waals surface area contributed by atoms with Gasteiger partial charge in [-0.3, -0.25) is 9.36 Å². The van der Waals surface area contributed by atoms with Crippen LogP contribution in [0.3, 0.4) is 0 Å². The van der Waals surface area contributed by atoms with E-state index in [0.717, 1.165) is 33.3 Å². The molecule has 44 heavy (non-hydrogen) atoms. The molecule has 2 aromatic heterocycles. The van der Waals surface area contributed by atoms with Crippen molar-refractivity contribution < 1.29 is 9.53 Å². The largest absolute Gasteiger partial charge is 0.463 e. The first-order valence-corrected chi connectivity index (χ1v) is 15.7. The fourth-order valence-corrected chi connectivity index (χ4v) is 7.06. The molecule has 10 heteroatoms. The smallest absolute Gasteiger partial charge is 0.338 e. The van der Waals surface area contributed by atoms with Crippen LogP contribution in [0.4, 0.5) is 5.69 Å². The lowest BCUT2D eigenvalue weighted by molar-refractivity contribution is -0.139. The number of halogens is 2. The minimum atomic E-state index is -0.669. The van der Waals surface area contributed by atoms with Crippen molar-refractivity contribution in [2.75, 3.05) is 25.6 Å². The second-order valence-electron chi connectivity index (χ2n) is 10.8. The summed E-state index contributed by atoms with van der Waals surface area (Å²) in [5.74, 6) is -0.478. The molecule has 0 saturated heterocycles. The Morgan fingerprint density at radius 1 is 1.09 bits per heavy atom. The van der Waals surface area contributed by atoms with E-state index in [1.54, 1.807) is 24.5 Å². The van der Waals surface area contributed by atoms with Gasteiger partial charge in [-0.2, -0.15) is 0 Å². The lowest BCUT2D eigenvalue weighted by Crippen LogP contribution is -2.39. The normalized spacial score (nSPS) is 15.0. The highest BCUT2D eigenvalue weighted by Gasteiger charge is 2.33. The minimum Gasteiger partial charge on any atom is -0.463 e. The highest BCUT2D eigenvalue weighted by atomic mass is 35.5. The fourth-order valence-electron chi connectivity index (χ4n) is 5.56. The molecule has 0 fully saturated rings. The lowest BCUT2D eigenvalue weighted by Gasteiger charge is -2.25. The highest BCUT2D eigenvalue weighted by Crippen LogP contribution is 2.32. The van der Waals surface area contributed by atoms with Crippen molar-refractivity contribution in [1.82, 2.24) is 9.13 Å². The lowest BCUT2D eigenvalue weighted by atomic mass is 9.95. The van der Waals surface area contributed by atoms with Crippen LogP contribution in [-0.2, 0) is 16.1 Å². The van der Waals surface area contributed by atoms with E-state index in [9.17, 15) is 9.59 Å². The van der Waals surface area contributed by atoms with E-state index in [1.165, 1.54) is 11.3 Å². The Morgan fingerprint density at radius 2 is 1.84 bits per heavy atom. The quantitative estimate of drug-likeness (QED) is 0.199. The van der Waals surface area contributed by atoms with Gasteiger partial charge in [0.15, 0.2) is 4.80 Å². The number of carbonyl (C=O) groups is 1. The molecule has 0 bridgehead atoms. The number of thiazole rings is 1. The molecule has 3 heterocycles. The monoisotopic (exact) mass is 644 g/mol. The Kier molecular flexibility index (Phi) is 8.24. The van der Waals surface area contributed by atoms with Gasteiger partial charge in [-0.25, -0.2) is 9.79 Å². The number of fused-ring (bicyclic) bond motifs is 2. The SMILES string of the molecule is CCOC(=O)C1=C(C)N=c2s/c(=C\c3cn(Cc4ccc(Cl)cc4Cl)c4ccccc34)c(=O)n2[C@H]1c1ccc(N(C)C)cc1. The molecule has 0 saturated carbocycles. The molecular formula is C34H30Cl2N4O3S. The number of nitrogens with zero attached hydrogens (tertiary/aromatic N) is 4. The summed E-state index contributed by atoms with van der Waals surface area (Å²) in [5.41, 5.74) is 5.33. The molecule has 0 aliphatic carbocycles. The molecule has 0 amide bonds. The Bertz CT molecular complexity index is 2120. The van der Waals surface area contributed by atoms with Gasteiger partial charge in [-0.1, -0.05) is 70.9 Å². The van der Waals surface area contributed by atoms with Crippen LogP contribution in [0.1, 0.15) is 36.6 Å². The van der Waals surface area contributed by atoms with Crippen molar-refractivity contribution >= 4 is 63.2 Å². The third-order valence-electron chi connectivity index (χ3n) is 7.70. The van der Waals surface area contributed by atoms with Crippen molar-refractivity contribution in [3.63, 3.8) is 0 Å². The first kappa shape index (κ1) is 29.9. The molecule has 1 atom stereocenters. The van der Waals surface area contributed by atoms with Gasteiger partial charge in [0.25, 0.3) is 5.56 Å². The first-order chi connectivity index (χ1) is 21.2. The number of hydrogen-bond acceptors (Lipinski definition) is 6. The van der Waals surface area contributed by atoms with E-state index in [1.807, 2.05) is 91.9 Å². The highest BCUT2D eigenvalue weighted by molar-refractivity contribution is 7.07. The topological polar surface area (TPSA) is 68.8 Å². The zero-order valence-electron chi connectivity index (χ0n) is 24.7. The van der Waals surface area contributed by atoms with E-state index in [-0.39, 0.29) is 12.2 Å². The van der Waals surface area contributed by atoms with Crippen LogP contribution in [-0.4, -0.2) is 35.8 Å². The van der Waals surface area contributed by atoms with Crippen molar-refractivity contribution in [3.05, 3.63) is 131 Å². The van der Waals surface area contributed by atoms with E-state index in [2.05, 4.69) is 4.57 Å². The summed E-state index contributed by atoms with van der Waals surface area (Å²) in [6.45, 7) is 4.32. The van der Waals surface area contributed by atoms with Gasteiger partial charge in [0, 0.05) is 59.0 Å². The van der Waals surface area contributed by atoms with E-state index in [4.69, 9.17) is 32.9 Å². The molecule has 0 unspecified atom stereocenters. The number of hydrogen-bond donors (Lipinski definition) is 0. The zero-order valence-corrected chi connectivity index (χ0v) is 27.0. The Labute approximate surface area is 268 Å². The van der Waals surface area contributed by atoms with Gasteiger partial charge < -0.3 is 14.2 Å². The van der Waals surface area contributed by atoms with Crippen LogP contribution in [0.5, 0.6) is 0 Å². The van der Waals surface area contributed by atoms with E-state index < -0.39 is 12.0 Å². The Hall–Kier alpha value is -4.11. The summed E-state index contributed by atoms with van der Waals surface area (Å²) >= 11 is 13.9. The molecule has 6 rings (SSSR count). The summed E-state index contributed by atoms with van der Waals surface area (Å²) < 4.78 is 9.69. The molecule has 224 valence electrons. The summed E-state index contributed by atoms with van der Waals surface area (Å²) in [6, 6.07) is 20.7. The molecule has 3 aromatic carbocycles. The molecular weight excluding hydrogens is 615 g/mol. The Morgan fingerprint density at radius 3 is 2.55 bits per heavy atom. The molecule has 0 N–H and O–H groups in total. The minimum absolute atomic E-state index is 0.220. The maximum Gasteiger partial charge on any atom is 0.338 e. The van der Waals surface area contributed by atoms with Crippen LogP contribution < -0.4 is 19.8 Å². The van der Waals surface area contributed by atoms with Gasteiger partial charge >= 0.3 is 5.97 Å². The average Bonchev–Trinajstić information content (AvgIpc) is 3.50. The van der Waals surface area contributed by atoms with Crippen LogP contribution in [0, 0.1) is 0 Å². The van der Waals surface area contributed by atoms with Gasteiger partial charge in [-0.15, -0.1) is 0 Å². The third kappa shape index (κ3) is 5.49. The number of anilines is 1. The van der Waals surface area contributed by atoms with E-state index in [0.29, 0.717) is 37.2 Å². The summed E-state index contributed by atoms with van der Waals surface area (Å²) in [7, 11) is 3.93. The molecule has 5 aromatic rings. The second-order valence-corrected chi connectivity index (χ2v) is 12.6. The zero-order chi connectivity index (χ0) is 31.1. The number of esters is 1. The number of ether oxygens (including phenoxy) is 1. The van der Waals surface area contributed by atoms with Crippen LogP contribution in [0.15, 0.2) is 94.0 Å². The number of carbonyl (C=O) groups excluding carboxylic acids is 1. The number of rotatable bonds is 7. The molecule has 7 nitrogen and oxygen atoms in total. The predicted molar refractivity (Wildman–Crippen MR) is 179 cm³/mol. The fraction of sp³-hybridized carbons (Fsp3) is 0.206.